The van der Waals surface area contributed by atoms with Crippen molar-refractivity contribution in [3.63, 3.8) is 0 Å². The molecule has 0 bridgehead atoms. The molecule has 0 fully saturated rings. The second kappa shape index (κ2) is 4.05. The van der Waals surface area contributed by atoms with Gasteiger partial charge in [-0.1, -0.05) is 12.1 Å². The fourth-order valence-corrected chi connectivity index (χ4v) is 1.00. The van der Waals surface area contributed by atoms with Crippen molar-refractivity contribution in [3.8, 4) is 6.07 Å². The molecule has 0 amide bonds. The van der Waals surface area contributed by atoms with E-state index in [-0.39, 0.29) is 5.70 Å². The highest BCUT2D eigenvalue weighted by atomic mass is 19.4. The normalized spacial score (nSPS) is 12.3. The van der Waals surface area contributed by atoms with E-state index >= 15 is 0 Å². The largest absolute Gasteiger partial charge is 0.416 e. The standard InChI is InChI=1S/C10H7F3N2/c11-10(12,13)8-3-1-7(2-4-8)9(15)5-6-14/h1-5H,15H2/b9-5+. The van der Waals surface area contributed by atoms with Gasteiger partial charge in [0.15, 0.2) is 0 Å². The van der Waals surface area contributed by atoms with Crippen LogP contribution in [0.4, 0.5) is 13.2 Å². The molecule has 15 heavy (non-hydrogen) atoms. The van der Waals surface area contributed by atoms with E-state index in [0.29, 0.717) is 5.56 Å². The number of nitrogens with two attached hydrogens (primary N) is 1. The minimum Gasteiger partial charge on any atom is -0.398 e. The third-order valence-electron chi connectivity index (χ3n) is 1.77. The van der Waals surface area contributed by atoms with Gasteiger partial charge in [0.2, 0.25) is 0 Å². The Bertz CT molecular complexity index is 410. The van der Waals surface area contributed by atoms with Gasteiger partial charge in [-0.15, -0.1) is 0 Å². The van der Waals surface area contributed by atoms with Gasteiger partial charge < -0.3 is 5.73 Å². The first-order chi connectivity index (χ1) is 6.95. The summed E-state index contributed by atoms with van der Waals surface area (Å²) in [5.74, 6) is 0. The van der Waals surface area contributed by atoms with Crippen molar-refractivity contribution in [1.82, 2.24) is 0 Å². The van der Waals surface area contributed by atoms with E-state index in [2.05, 4.69) is 0 Å². The summed E-state index contributed by atoms with van der Waals surface area (Å²) in [7, 11) is 0. The summed E-state index contributed by atoms with van der Waals surface area (Å²) in [6.45, 7) is 0. The maximum atomic E-state index is 12.2. The molecule has 0 aromatic heterocycles. The van der Waals surface area contributed by atoms with E-state index in [1.807, 2.05) is 0 Å². The summed E-state index contributed by atoms with van der Waals surface area (Å²) >= 11 is 0. The first-order valence-electron chi connectivity index (χ1n) is 3.98. The van der Waals surface area contributed by atoms with E-state index in [1.54, 1.807) is 6.07 Å². The molecule has 1 aromatic carbocycles. The van der Waals surface area contributed by atoms with Crippen LogP contribution in [0.15, 0.2) is 30.3 Å². The van der Waals surface area contributed by atoms with Crippen molar-refractivity contribution in [1.29, 1.82) is 5.26 Å². The summed E-state index contributed by atoms with van der Waals surface area (Å²) in [5, 5.41) is 8.30. The van der Waals surface area contributed by atoms with E-state index < -0.39 is 11.7 Å². The number of benzene rings is 1. The lowest BCUT2D eigenvalue weighted by Gasteiger charge is -2.07. The van der Waals surface area contributed by atoms with Gasteiger partial charge in [-0.05, 0) is 17.7 Å². The Morgan fingerprint density at radius 1 is 1.27 bits per heavy atom. The van der Waals surface area contributed by atoms with E-state index in [1.165, 1.54) is 12.1 Å². The zero-order valence-corrected chi connectivity index (χ0v) is 7.55. The lowest BCUT2D eigenvalue weighted by atomic mass is 10.1. The average Bonchev–Trinajstić information content (AvgIpc) is 2.17. The summed E-state index contributed by atoms with van der Waals surface area (Å²) in [6.07, 6.45) is -3.28. The molecule has 0 atom stereocenters. The number of halogens is 3. The molecule has 0 saturated carbocycles. The number of hydrogen-bond acceptors (Lipinski definition) is 2. The highest BCUT2D eigenvalue weighted by molar-refractivity contribution is 5.64. The average molecular weight is 212 g/mol. The Morgan fingerprint density at radius 2 is 1.80 bits per heavy atom. The van der Waals surface area contributed by atoms with Gasteiger partial charge in [0.05, 0.1) is 11.6 Å². The first-order valence-corrected chi connectivity index (χ1v) is 3.98. The molecule has 1 aromatic rings. The fraction of sp³-hybridized carbons (Fsp3) is 0.100. The third-order valence-corrected chi connectivity index (χ3v) is 1.77. The van der Waals surface area contributed by atoms with E-state index in [4.69, 9.17) is 11.0 Å². The maximum absolute atomic E-state index is 12.2. The van der Waals surface area contributed by atoms with E-state index in [0.717, 1.165) is 18.2 Å². The topological polar surface area (TPSA) is 49.8 Å². The van der Waals surface area contributed by atoms with Crippen LogP contribution in [0.2, 0.25) is 0 Å². The van der Waals surface area contributed by atoms with Crippen LogP contribution in [0, 0.1) is 11.3 Å². The number of hydrogen-bond donors (Lipinski definition) is 1. The SMILES string of the molecule is N#C/C=C(/N)c1ccc(C(F)(F)F)cc1. The Hall–Kier alpha value is -1.96. The molecule has 78 valence electrons. The quantitative estimate of drug-likeness (QED) is 0.727. The van der Waals surface area contributed by atoms with Crippen LogP contribution in [0.1, 0.15) is 11.1 Å². The highest BCUT2D eigenvalue weighted by Crippen LogP contribution is 2.29. The fourth-order valence-electron chi connectivity index (χ4n) is 1.00. The summed E-state index contributed by atoms with van der Waals surface area (Å²) < 4.78 is 36.5. The van der Waals surface area contributed by atoms with Gasteiger partial charge in [-0.3, -0.25) is 0 Å². The molecule has 0 aliphatic heterocycles. The molecule has 0 aliphatic rings. The first kappa shape index (κ1) is 11.1. The summed E-state index contributed by atoms with van der Waals surface area (Å²) in [4.78, 5) is 0. The maximum Gasteiger partial charge on any atom is 0.416 e. The number of alkyl halides is 3. The van der Waals surface area contributed by atoms with Crippen molar-refractivity contribution in [2.24, 2.45) is 5.73 Å². The van der Waals surface area contributed by atoms with Crippen molar-refractivity contribution in [2.75, 3.05) is 0 Å². The van der Waals surface area contributed by atoms with Gasteiger partial charge in [-0.25, -0.2) is 0 Å². The van der Waals surface area contributed by atoms with Crippen molar-refractivity contribution < 1.29 is 13.2 Å². The van der Waals surface area contributed by atoms with Crippen LogP contribution >= 0.6 is 0 Å². The predicted octanol–water partition coefficient (Wildman–Crippen LogP) is 2.53. The van der Waals surface area contributed by atoms with Crippen LogP contribution in [-0.4, -0.2) is 0 Å². The van der Waals surface area contributed by atoms with Gasteiger partial charge in [-0.2, -0.15) is 18.4 Å². The molecule has 2 nitrogen and oxygen atoms in total. The van der Waals surface area contributed by atoms with Gasteiger partial charge >= 0.3 is 6.18 Å². The molecule has 0 radical (unpaired) electrons. The van der Waals surface area contributed by atoms with Crippen molar-refractivity contribution in [2.45, 2.75) is 6.18 Å². The molecular formula is C10H7F3N2. The van der Waals surface area contributed by atoms with Crippen LogP contribution < -0.4 is 5.73 Å². The Morgan fingerprint density at radius 3 is 2.20 bits per heavy atom. The molecule has 1 rings (SSSR count). The minimum absolute atomic E-state index is 0.145. The van der Waals surface area contributed by atoms with Crippen LogP contribution in [0.5, 0.6) is 0 Å². The molecule has 2 N–H and O–H groups in total. The molecule has 5 heteroatoms. The Balaban J connectivity index is 3.02. The number of allylic oxidation sites excluding steroid dienone is 1. The summed E-state index contributed by atoms with van der Waals surface area (Å²) in [5.41, 5.74) is 5.22. The third kappa shape index (κ3) is 2.74. The Labute approximate surface area is 84.4 Å². The molecule has 0 heterocycles. The zero-order valence-electron chi connectivity index (χ0n) is 7.55. The zero-order chi connectivity index (χ0) is 11.5. The minimum atomic E-state index is -4.35. The number of rotatable bonds is 1. The van der Waals surface area contributed by atoms with Crippen LogP contribution in [-0.2, 0) is 6.18 Å². The van der Waals surface area contributed by atoms with Crippen molar-refractivity contribution in [3.05, 3.63) is 41.5 Å². The van der Waals surface area contributed by atoms with Crippen LogP contribution in [0.25, 0.3) is 5.70 Å². The lowest BCUT2D eigenvalue weighted by molar-refractivity contribution is -0.137. The van der Waals surface area contributed by atoms with Crippen LogP contribution in [0.3, 0.4) is 0 Å². The second-order valence-electron chi connectivity index (χ2n) is 2.80. The molecule has 0 unspecified atom stereocenters. The molecule has 0 saturated heterocycles. The van der Waals surface area contributed by atoms with Gasteiger partial charge in [0.25, 0.3) is 0 Å². The molecule has 0 spiro atoms. The lowest BCUT2D eigenvalue weighted by Crippen LogP contribution is -2.05. The molecular weight excluding hydrogens is 205 g/mol. The van der Waals surface area contributed by atoms with Gasteiger partial charge in [0.1, 0.15) is 0 Å². The number of nitriles is 1. The monoisotopic (exact) mass is 212 g/mol. The van der Waals surface area contributed by atoms with Gasteiger partial charge in [0, 0.05) is 11.8 Å². The Kier molecular flexibility index (Phi) is 3.00. The predicted molar refractivity (Wildman–Crippen MR) is 49.2 cm³/mol. The highest BCUT2D eigenvalue weighted by Gasteiger charge is 2.29. The number of nitrogens with zero attached hydrogens (tertiary/aromatic N) is 1. The smallest absolute Gasteiger partial charge is 0.398 e. The molecule has 0 aliphatic carbocycles. The summed E-state index contributed by atoms with van der Waals surface area (Å²) in [6, 6.07) is 6.01. The van der Waals surface area contributed by atoms with Crippen molar-refractivity contribution >= 4 is 5.70 Å². The second-order valence-corrected chi connectivity index (χ2v) is 2.80. The van der Waals surface area contributed by atoms with E-state index in [9.17, 15) is 13.2 Å².